The molecule has 64 heavy (non-hydrogen) atoms. The summed E-state index contributed by atoms with van der Waals surface area (Å²) in [5.41, 5.74) is 3.29. The number of ether oxygens (including phenoxy) is 6. The van der Waals surface area contributed by atoms with Crippen molar-refractivity contribution in [3.05, 3.63) is 17.9 Å². The largest absolute Gasteiger partial charge is 0.462 e. The Morgan fingerprint density at radius 1 is 0.516 bits per heavy atom. The van der Waals surface area contributed by atoms with E-state index < -0.39 is 92.7 Å². The van der Waals surface area contributed by atoms with Gasteiger partial charge in [-0.1, -0.05) is 136 Å². The molecular formula is C49H88O15. The zero-order valence-corrected chi connectivity index (χ0v) is 39.3. The Morgan fingerprint density at radius 2 is 0.938 bits per heavy atom. The van der Waals surface area contributed by atoms with E-state index >= 15 is 0 Å². The van der Waals surface area contributed by atoms with Crippen LogP contribution in [0.25, 0.3) is 0 Å². The maximum Gasteiger partial charge on any atom is 0.306 e. The smallest absolute Gasteiger partial charge is 0.306 e. The van der Waals surface area contributed by atoms with Crippen LogP contribution in [0, 0.1) is 0 Å². The number of aliphatic hydroxyl groups excluding tert-OH is 7. The van der Waals surface area contributed by atoms with Gasteiger partial charge < -0.3 is 64.2 Å². The average molecular weight is 917 g/mol. The molecule has 2 aliphatic rings. The molecule has 11 atom stereocenters. The average Bonchev–Trinajstić information content (AvgIpc) is 3.29. The summed E-state index contributed by atoms with van der Waals surface area (Å²) in [6.07, 6.45) is 15.9. The van der Waals surface area contributed by atoms with Crippen LogP contribution < -0.4 is 0 Å². The van der Waals surface area contributed by atoms with E-state index in [-0.39, 0.29) is 26.1 Å². The monoisotopic (exact) mass is 917 g/mol. The molecule has 0 aromatic rings. The molecule has 15 nitrogen and oxygen atoms in total. The standard InChI is InChI=1S/C49H88O15/c1-3-5-7-9-11-13-15-17-18-20-21-23-25-27-29-31-40(51)59-34-37(62-41(52)32-30-28-26-24-22-19-16-14-12-10-8-6-4-2)35-60-48-47(58)45(56)43(54)39(64-48)36-61-49-46(57)44(55)42(53)38(33-50)63-49/h15,18,37-39,42-50,53-58H,3-14,16,19-36H2,1-2H3/t17?,37-,38-,39-,42+,43+,44?,45?,46?,47?,48-,49-/m1/s1. The first kappa shape index (κ1) is 58.1. The number of hydrogen-bond acceptors (Lipinski definition) is 15. The molecule has 0 amide bonds. The number of allylic oxidation sites excluding steroid dienone is 1. The molecule has 4 unspecified atom stereocenters. The van der Waals surface area contributed by atoms with E-state index in [0.717, 1.165) is 57.8 Å². The predicted octanol–water partition coefficient (Wildman–Crippen LogP) is 6.37. The number of hydrogen-bond donors (Lipinski definition) is 7. The fourth-order valence-electron chi connectivity index (χ4n) is 7.84. The van der Waals surface area contributed by atoms with Gasteiger partial charge in [-0.2, -0.15) is 0 Å². The molecule has 15 heteroatoms. The first-order valence-corrected chi connectivity index (χ1v) is 25.0. The first-order chi connectivity index (χ1) is 31.0. The van der Waals surface area contributed by atoms with Crippen LogP contribution in [-0.2, 0) is 38.0 Å². The summed E-state index contributed by atoms with van der Waals surface area (Å²) >= 11 is 0. The van der Waals surface area contributed by atoms with Crippen LogP contribution in [-0.4, -0.2) is 142 Å². The molecule has 2 fully saturated rings. The molecular weight excluding hydrogens is 829 g/mol. The van der Waals surface area contributed by atoms with Gasteiger partial charge in [0.15, 0.2) is 18.7 Å². The molecule has 0 saturated carbocycles. The number of unbranched alkanes of at least 4 members (excludes halogenated alkanes) is 22. The SMILES string of the molecule is CCCCCCCC=C=CCCCCCCCC(=O)OC[C@H](CO[C@@H]1O[C@H](CO[C@@H]2O[C@H](CO)[C@H](O)C(O)C2O)[C@H](O)C(O)C1O)OC(=O)CCCCCCCCCCCCCCC. The van der Waals surface area contributed by atoms with Crippen molar-refractivity contribution >= 4 is 11.9 Å². The Bertz CT molecular complexity index is 1230. The molecule has 7 N–H and O–H groups in total. The predicted molar refractivity (Wildman–Crippen MR) is 242 cm³/mol. The number of carbonyl (C=O) groups excluding carboxylic acids is 2. The molecule has 0 radical (unpaired) electrons. The summed E-state index contributed by atoms with van der Waals surface area (Å²) in [4.78, 5) is 25.7. The van der Waals surface area contributed by atoms with Crippen LogP contribution in [0.3, 0.4) is 0 Å². The van der Waals surface area contributed by atoms with E-state index in [0.29, 0.717) is 12.8 Å². The Kier molecular flexibility index (Phi) is 33.7. The van der Waals surface area contributed by atoms with E-state index in [4.69, 9.17) is 28.4 Å². The molecule has 0 aromatic heterocycles. The maximum absolute atomic E-state index is 13.0. The van der Waals surface area contributed by atoms with Crippen molar-refractivity contribution < 1.29 is 73.8 Å². The van der Waals surface area contributed by atoms with Crippen molar-refractivity contribution in [3.63, 3.8) is 0 Å². The third-order valence-corrected chi connectivity index (χ3v) is 12.0. The lowest BCUT2D eigenvalue weighted by atomic mass is 9.98. The minimum Gasteiger partial charge on any atom is -0.462 e. The van der Waals surface area contributed by atoms with Crippen molar-refractivity contribution in [2.75, 3.05) is 26.4 Å². The summed E-state index contributed by atoms with van der Waals surface area (Å²) in [5.74, 6) is -0.940. The molecule has 2 heterocycles. The minimum atomic E-state index is -1.76. The lowest BCUT2D eigenvalue weighted by Crippen LogP contribution is -2.61. The highest BCUT2D eigenvalue weighted by atomic mass is 16.7. The van der Waals surface area contributed by atoms with E-state index in [1.165, 1.54) is 89.9 Å². The van der Waals surface area contributed by atoms with Gasteiger partial charge in [0.25, 0.3) is 0 Å². The zero-order valence-electron chi connectivity index (χ0n) is 39.3. The molecule has 0 bridgehead atoms. The van der Waals surface area contributed by atoms with E-state index in [1.807, 2.05) is 0 Å². The van der Waals surface area contributed by atoms with Gasteiger partial charge in [-0.25, -0.2) is 0 Å². The van der Waals surface area contributed by atoms with Gasteiger partial charge in [0.05, 0.1) is 19.8 Å². The summed E-state index contributed by atoms with van der Waals surface area (Å²) in [5, 5.41) is 72.0. The van der Waals surface area contributed by atoms with Gasteiger partial charge >= 0.3 is 11.9 Å². The van der Waals surface area contributed by atoms with Crippen molar-refractivity contribution in [2.45, 2.75) is 255 Å². The maximum atomic E-state index is 13.0. The number of rotatable bonds is 38. The third-order valence-electron chi connectivity index (χ3n) is 12.0. The first-order valence-electron chi connectivity index (χ1n) is 25.0. The third kappa shape index (κ3) is 25.2. The summed E-state index contributed by atoms with van der Waals surface area (Å²) in [6, 6.07) is 0. The van der Waals surface area contributed by atoms with Crippen LogP contribution in [0.1, 0.15) is 187 Å². The van der Waals surface area contributed by atoms with Crippen LogP contribution in [0.5, 0.6) is 0 Å². The van der Waals surface area contributed by atoms with Gasteiger partial charge in [0.2, 0.25) is 0 Å². The molecule has 0 aliphatic carbocycles. The summed E-state index contributed by atoms with van der Waals surface area (Å²) < 4.78 is 33.5. The highest BCUT2D eigenvalue weighted by molar-refractivity contribution is 5.70. The highest BCUT2D eigenvalue weighted by Crippen LogP contribution is 2.26. The Hall–Kier alpha value is -1.98. The van der Waals surface area contributed by atoms with E-state index in [2.05, 4.69) is 31.7 Å². The van der Waals surface area contributed by atoms with Gasteiger partial charge in [0, 0.05) is 12.8 Å². The van der Waals surface area contributed by atoms with Crippen molar-refractivity contribution in [3.8, 4) is 0 Å². The Morgan fingerprint density at radius 3 is 1.44 bits per heavy atom. The summed E-state index contributed by atoms with van der Waals surface area (Å²) in [7, 11) is 0. The molecule has 0 spiro atoms. The minimum absolute atomic E-state index is 0.165. The van der Waals surface area contributed by atoms with Crippen LogP contribution >= 0.6 is 0 Å². The second kappa shape index (κ2) is 37.1. The molecule has 2 rings (SSSR count). The Balaban J connectivity index is 1.83. The topological polar surface area (TPSA) is 231 Å². The van der Waals surface area contributed by atoms with Crippen LogP contribution in [0.15, 0.2) is 17.9 Å². The molecule has 2 aliphatic heterocycles. The van der Waals surface area contributed by atoms with Gasteiger partial charge in [-0.3, -0.25) is 9.59 Å². The van der Waals surface area contributed by atoms with E-state index in [1.54, 1.807) is 0 Å². The van der Waals surface area contributed by atoms with Gasteiger partial charge in [0.1, 0.15) is 55.4 Å². The Labute approximate surface area is 383 Å². The lowest BCUT2D eigenvalue weighted by molar-refractivity contribution is -0.332. The van der Waals surface area contributed by atoms with Crippen LogP contribution in [0.4, 0.5) is 0 Å². The highest BCUT2D eigenvalue weighted by Gasteiger charge is 2.47. The van der Waals surface area contributed by atoms with Crippen molar-refractivity contribution in [2.24, 2.45) is 0 Å². The number of esters is 2. The quantitative estimate of drug-likeness (QED) is 0.0203. The van der Waals surface area contributed by atoms with Crippen molar-refractivity contribution in [1.82, 2.24) is 0 Å². The number of carbonyl (C=O) groups is 2. The second-order valence-electron chi connectivity index (χ2n) is 17.8. The fourth-order valence-corrected chi connectivity index (χ4v) is 7.84. The molecule has 2 saturated heterocycles. The number of aliphatic hydroxyl groups is 7. The van der Waals surface area contributed by atoms with Gasteiger partial charge in [-0.05, 0) is 50.7 Å². The fraction of sp³-hybridized carbons (Fsp3) is 0.898. The van der Waals surface area contributed by atoms with Gasteiger partial charge in [-0.15, -0.1) is 5.73 Å². The molecule has 374 valence electrons. The lowest BCUT2D eigenvalue weighted by Gasteiger charge is -2.42. The summed E-state index contributed by atoms with van der Waals surface area (Å²) in [6.45, 7) is 2.55. The molecule has 0 aromatic carbocycles. The van der Waals surface area contributed by atoms with E-state index in [9.17, 15) is 45.3 Å². The zero-order chi connectivity index (χ0) is 46.8. The van der Waals surface area contributed by atoms with Crippen molar-refractivity contribution in [1.29, 1.82) is 0 Å². The normalized spacial score (nSPS) is 26.3. The van der Waals surface area contributed by atoms with Crippen LogP contribution in [0.2, 0.25) is 0 Å². The second-order valence-corrected chi connectivity index (χ2v) is 17.8.